The monoisotopic (exact) mass is 353 g/mol. The lowest BCUT2D eigenvalue weighted by Gasteiger charge is -2.06. The number of rotatable bonds is 4. The fraction of sp³-hybridized carbons (Fsp3) is 0.111. The van der Waals surface area contributed by atoms with Gasteiger partial charge in [0.25, 0.3) is 11.6 Å². The molecule has 0 saturated heterocycles. The third-order valence-electron chi connectivity index (χ3n) is 3.74. The predicted octanol–water partition coefficient (Wildman–Crippen LogP) is 4.59. The highest BCUT2D eigenvalue weighted by atomic mass is 32.1. The van der Waals surface area contributed by atoms with Crippen molar-refractivity contribution in [1.29, 1.82) is 0 Å². The molecule has 3 aromatic rings. The highest BCUT2D eigenvalue weighted by Crippen LogP contribution is 2.27. The fourth-order valence-electron chi connectivity index (χ4n) is 2.36. The standard InChI is InChI=1S/C18H15N3O3S/c1-11-3-4-12(2)15(9-11)17(22)20-18-19-16(10-25-18)13-5-7-14(8-6-13)21(23)24/h3-10H,1-2H3,(H,19,20,22). The number of nitrogens with one attached hydrogen (secondary N) is 1. The Labute approximate surface area is 148 Å². The number of benzene rings is 2. The number of hydrogen-bond donors (Lipinski definition) is 1. The van der Waals surface area contributed by atoms with Gasteiger partial charge in [-0.1, -0.05) is 17.7 Å². The first kappa shape index (κ1) is 16.8. The molecule has 0 spiro atoms. The molecule has 0 bridgehead atoms. The van der Waals surface area contributed by atoms with E-state index in [9.17, 15) is 14.9 Å². The van der Waals surface area contributed by atoms with E-state index < -0.39 is 4.92 Å². The third kappa shape index (κ3) is 3.72. The number of aromatic nitrogens is 1. The molecule has 6 nitrogen and oxygen atoms in total. The van der Waals surface area contributed by atoms with Crippen LogP contribution in [0.4, 0.5) is 10.8 Å². The van der Waals surface area contributed by atoms with Gasteiger partial charge in [0.1, 0.15) is 0 Å². The van der Waals surface area contributed by atoms with Crippen LogP contribution in [0.1, 0.15) is 21.5 Å². The van der Waals surface area contributed by atoms with Crippen LogP contribution in [0.25, 0.3) is 11.3 Å². The van der Waals surface area contributed by atoms with Crippen LogP contribution in [0.2, 0.25) is 0 Å². The molecule has 1 aromatic heterocycles. The summed E-state index contributed by atoms with van der Waals surface area (Å²) in [6.45, 7) is 3.82. The lowest BCUT2D eigenvalue weighted by atomic mass is 10.1. The van der Waals surface area contributed by atoms with E-state index in [1.54, 1.807) is 17.5 Å². The number of nitro benzene ring substituents is 1. The van der Waals surface area contributed by atoms with Crippen molar-refractivity contribution in [2.45, 2.75) is 13.8 Å². The lowest BCUT2D eigenvalue weighted by Crippen LogP contribution is -2.13. The van der Waals surface area contributed by atoms with Crippen LogP contribution in [0.15, 0.2) is 47.8 Å². The summed E-state index contributed by atoms with van der Waals surface area (Å²) < 4.78 is 0. The Kier molecular flexibility index (Phi) is 4.58. The van der Waals surface area contributed by atoms with Crippen LogP contribution in [-0.2, 0) is 0 Å². The summed E-state index contributed by atoms with van der Waals surface area (Å²) in [4.78, 5) is 27.1. The van der Waals surface area contributed by atoms with Gasteiger partial charge in [0.15, 0.2) is 5.13 Å². The Hall–Kier alpha value is -3.06. The summed E-state index contributed by atoms with van der Waals surface area (Å²) in [5.74, 6) is -0.203. The first-order valence-corrected chi connectivity index (χ1v) is 8.41. The van der Waals surface area contributed by atoms with Crippen LogP contribution in [0.5, 0.6) is 0 Å². The van der Waals surface area contributed by atoms with Crippen molar-refractivity contribution in [2.24, 2.45) is 0 Å². The van der Waals surface area contributed by atoms with Gasteiger partial charge < -0.3 is 0 Å². The maximum atomic E-state index is 12.4. The van der Waals surface area contributed by atoms with E-state index in [0.717, 1.165) is 16.7 Å². The third-order valence-corrected chi connectivity index (χ3v) is 4.49. The first-order valence-electron chi connectivity index (χ1n) is 7.53. The number of nitro groups is 1. The van der Waals surface area contributed by atoms with E-state index in [1.165, 1.54) is 23.5 Å². The van der Waals surface area contributed by atoms with Crippen molar-refractivity contribution in [2.75, 3.05) is 5.32 Å². The van der Waals surface area contributed by atoms with E-state index in [0.29, 0.717) is 16.4 Å². The lowest BCUT2D eigenvalue weighted by molar-refractivity contribution is -0.384. The van der Waals surface area contributed by atoms with Crippen LogP contribution < -0.4 is 5.32 Å². The Bertz CT molecular complexity index is 948. The van der Waals surface area contributed by atoms with E-state index in [1.807, 2.05) is 32.0 Å². The average Bonchev–Trinajstić information content (AvgIpc) is 3.05. The van der Waals surface area contributed by atoms with E-state index in [4.69, 9.17) is 0 Å². The minimum Gasteiger partial charge on any atom is -0.298 e. The SMILES string of the molecule is Cc1ccc(C)c(C(=O)Nc2nc(-c3ccc([N+](=O)[O-])cc3)cs2)c1. The fourth-order valence-corrected chi connectivity index (χ4v) is 3.08. The van der Waals surface area contributed by atoms with Crippen LogP contribution >= 0.6 is 11.3 Å². The Morgan fingerprint density at radius 1 is 1.16 bits per heavy atom. The largest absolute Gasteiger partial charge is 0.298 e. The molecule has 0 aliphatic heterocycles. The van der Waals surface area contributed by atoms with Crippen molar-refractivity contribution < 1.29 is 9.72 Å². The molecule has 0 saturated carbocycles. The Morgan fingerprint density at radius 2 is 1.88 bits per heavy atom. The molecule has 0 radical (unpaired) electrons. The molecule has 25 heavy (non-hydrogen) atoms. The first-order chi connectivity index (χ1) is 11.9. The zero-order valence-electron chi connectivity index (χ0n) is 13.6. The maximum absolute atomic E-state index is 12.4. The highest BCUT2D eigenvalue weighted by Gasteiger charge is 2.13. The minimum absolute atomic E-state index is 0.0300. The predicted molar refractivity (Wildman–Crippen MR) is 98.1 cm³/mol. The molecule has 0 fully saturated rings. The van der Waals surface area contributed by atoms with Crippen molar-refractivity contribution >= 4 is 28.1 Å². The number of hydrogen-bond acceptors (Lipinski definition) is 5. The van der Waals surface area contributed by atoms with Gasteiger partial charge in [-0.3, -0.25) is 20.2 Å². The molecule has 7 heteroatoms. The summed E-state index contributed by atoms with van der Waals surface area (Å²) in [6, 6.07) is 11.9. The van der Waals surface area contributed by atoms with Crippen molar-refractivity contribution in [3.05, 3.63) is 74.6 Å². The second kappa shape index (κ2) is 6.82. The van der Waals surface area contributed by atoms with Gasteiger partial charge in [0, 0.05) is 28.6 Å². The molecular weight excluding hydrogens is 338 g/mol. The van der Waals surface area contributed by atoms with Gasteiger partial charge >= 0.3 is 0 Å². The zero-order chi connectivity index (χ0) is 18.0. The second-order valence-corrected chi connectivity index (χ2v) is 6.47. The summed E-state index contributed by atoms with van der Waals surface area (Å²) in [7, 11) is 0. The van der Waals surface area contributed by atoms with Crippen LogP contribution in [0.3, 0.4) is 0 Å². The smallest absolute Gasteiger partial charge is 0.269 e. The molecule has 1 heterocycles. The molecule has 126 valence electrons. The quantitative estimate of drug-likeness (QED) is 0.549. The Morgan fingerprint density at radius 3 is 2.56 bits per heavy atom. The van der Waals surface area contributed by atoms with Crippen molar-refractivity contribution in [3.63, 3.8) is 0 Å². The van der Waals surface area contributed by atoms with Crippen LogP contribution in [-0.4, -0.2) is 15.8 Å². The highest BCUT2D eigenvalue weighted by molar-refractivity contribution is 7.14. The molecule has 3 rings (SSSR count). The topological polar surface area (TPSA) is 85.1 Å². The van der Waals surface area contributed by atoms with E-state index in [-0.39, 0.29) is 11.6 Å². The van der Waals surface area contributed by atoms with Gasteiger partial charge in [0.05, 0.1) is 10.6 Å². The molecule has 1 N–H and O–H groups in total. The van der Waals surface area contributed by atoms with E-state index in [2.05, 4.69) is 10.3 Å². The summed E-state index contributed by atoms with van der Waals surface area (Å²) in [5, 5.41) is 15.8. The van der Waals surface area contributed by atoms with E-state index >= 15 is 0 Å². The molecule has 0 unspecified atom stereocenters. The number of non-ortho nitro benzene ring substituents is 1. The zero-order valence-corrected chi connectivity index (χ0v) is 14.5. The maximum Gasteiger partial charge on any atom is 0.269 e. The summed E-state index contributed by atoms with van der Waals surface area (Å²) in [6.07, 6.45) is 0. The average molecular weight is 353 g/mol. The van der Waals surface area contributed by atoms with Gasteiger partial charge in [0.2, 0.25) is 0 Å². The number of aryl methyl sites for hydroxylation is 2. The summed E-state index contributed by atoms with van der Waals surface area (Å²) in [5.41, 5.74) is 3.98. The number of amides is 1. The normalized spacial score (nSPS) is 10.5. The second-order valence-electron chi connectivity index (χ2n) is 5.61. The number of carbonyl (C=O) groups is 1. The Balaban J connectivity index is 1.78. The molecule has 0 atom stereocenters. The van der Waals surface area contributed by atoms with Gasteiger partial charge in [-0.05, 0) is 37.6 Å². The minimum atomic E-state index is -0.444. The van der Waals surface area contributed by atoms with Crippen molar-refractivity contribution in [1.82, 2.24) is 4.98 Å². The molecule has 2 aromatic carbocycles. The van der Waals surface area contributed by atoms with Gasteiger partial charge in [-0.2, -0.15) is 0 Å². The van der Waals surface area contributed by atoms with Gasteiger partial charge in [-0.25, -0.2) is 4.98 Å². The number of nitrogens with zero attached hydrogens (tertiary/aromatic N) is 2. The van der Waals surface area contributed by atoms with Crippen molar-refractivity contribution in [3.8, 4) is 11.3 Å². The number of anilines is 1. The molecule has 0 aliphatic carbocycles. The number of thiazole rings is 1. The number of carbonyl (C=O) groups excluding carboxylic acids is 1. The molecular formula is C18H15N3O3S. The molecule has 1 amide bonds. The van der Waals surface area contributed by atoms with Gasteiger partial charge in [-0.15, -0.1) is 11.3 Å². The van der Waals surface area contributed by atoms with Crippen LogP contribution in [0, 0.1) is 24.0 Å². The molecule has 0 aliphatic rings. The summed E-state index contributed by atoms with van der Waals surface area (Å²) >= 11 is 1.31.